The molecule has 0 amide bonds. The monoisotopic (exact) mass is 755 g/mol. The highest BCUT2D eigenvalue weighted by Gasteiger charge is 2.20. The molecule has 274 valence electrons. The Hall–Kier alpha value is -6.54. The number of benzene rings is 8. The quantitative estimate of drug-likeness (QED) is 0.128. The first kappa shape index (κ1) is 33.8. The van der Waals surface area contributed by atoms with E-state index >= 15 is 0 Å². The summed E-state index contributed by atoms with van der Waals surface area (Å²) >= 11 is 1.85. The molecule has 0 bridgehead atoms. The zero-order chi connectivity index (χ0) is 37.9. The fraction of sp³-hybridized carbons (Fsp3) is 0.0588. The second kappa shape index (κ2) is 13.9. The molecule has 6 heteroatoms. The number of fused-ring (bicyclic) bond motifs is 9. The minimum absolute atomic E-state index is 0.154. The summed E-state index contributed by atoms with van der Waals surface area (Å²) in [5.41, 5.74) is 18.4. The third-order valence-corrected chi connectivity index (χ3v) is 12.5. The van der Waals surface area contributed by atoms with Crippen LogP contribution in [0.3, 0.4) is 0 Å². The number of rotatable bonds is 9. The number of hydrogen-bond acceptors (Lipinski definition) is 6. The molecule has 0 aliphatic rings. The standard InChI is InChI=1S/C51H37N3O2S/c52-50(54-51(32-14-5-2-6-15-32)53-30-31-12-3-1-4-13-31)34-25-27-46-43(29-34)42-28-33(24-26-45(42)55-46)35-17-9-21-40-41-22-11-20-39(49(41)57-48(35)40)38-19-10-18-37-36-16-7-8-23-44(36)56-47(37)38/h1-29,50-51,53-54H,30,52H2. The van der Waals surface area contributed by atoms with Gasteiger partial charge in [-0.25, -0.2) is 0 Å². The van der Waals surface area contributed by atoms with Crippen molar-refractivity contribution >= 4 is 75.4 Å². The van der Waals surface area contributed by atoms with E-state index in [4.69, 9.17) is 14.6 Å². The molecule has 11 rings (SSSR count). The predicted octanol–water partition coefficient (Wildman–Crippen LogP) is 13.2. The maximum absolute atomic E-state index is 6.94. The minimum Gasteiger partial charge on any atom is -0.456 e. The van der Waals surface area contributed by atoms with Gasteiger partial charge in [-0.1, -0.05) is 146 Å². The molecule has 0 radical (unpaired) electrons. The highest BCUT2D eigenvalue weighted by atomic mass is 32.1. The van der Waals surface area contributed by atoms with Crippen molar-refractivity contribution in [3.05, 3.63) is 193 Å². The summed E-state index contributed by atoms with van der Waals surface area (Å²) in [6.45, 7) is 0.708. The van der Waals surface area contributed by atoms with Crippen LogP contribution in [0.25, 0.3) is 86.3 Å². The highest BCUT2D eigenvalue weighted by Crippen LogP contribution is 2.46. The van der Waals surface area contributed by atoms with E-state index in [2.05, 4.69) is 156 Å². The van der Waals surface area contributed by atoms with Gasteiger partial charge >= 0.3 is 0 Å². The van der Waals surface area contributed by atoms with E-state index in [9.17, 15) is 0 Å². The second-order valence-electron chi connectivity index (χ2n) is 14.7. The van der Waals surface area contributed by atoms with Crippen LogP contribution in [0.15, 0.2) is 185 Å². The number of hydrogen-bond donors (Lipinski definition) is 3. The van der Waals surface area contributed by atoms with Gasteiger partial charge in [0.2, 0.25) is 0 Å². The molecule has 0 spiro atoms. The maximum atomic E-state index is 6.94. The summed E-state index contributed by atoms with van der Waals surface area (Å²) in [6, 6.07) is 61.7. The third-order valence-electron chi connectivity index (χ3n) is 11.2. The highest BCUT2D eigenvalue weighted by molar-refractivity contribution is 7.26. The number of thiophene rings is 1. The maximum Gasteiger partial charge on any atom is 0.143 e. The van der Waals surface area contributed by atoms with Crippen LogP contribution in [0, 0.1) is 0 Å². The predicted molar refractivity (Wildman–Crippen MR) is 237 cm³/mol. The molecule has 5 nitrogen and oxygen atoms in total. The van der Waals surface area contributed by atoms with Crippen LogP contribution in [-0.4, -0.2) is 0 Å². The van der Waals surface area contributed by atoms with Crippen LogP contribution in [0.5, 0.6) is 0 Å². The van der Waals surface area contributed by atoms with Gasteiger partial charge in [-0.15, -0.1) is 11.3 Å². The molecule has 11 aromatic rings. The van der Waals surface area contributed by atoms with Crippen molar-refractivity contribution in [3.8, 4) is 22.3 Å². The zero-order valence-corrected chi connectivity index (χ0v) is 31.7. The Morgan fingerprint density at radius 1 is 0.474 bits per heavy atom. The molecule has 4 N–H and O–H groups in total. The average molecular weight is 756 g/mol. The van der Waals surface area contributed by atoms with Crippen molar-refractivity contribution in [2.75, 3.05) is 0 Å². The number of para-hydroxylation sites is 2. The molecule has 8 aromatic carbocycles. The van der Waals surface area contributed by atoms with E-state index in [-0.39, 0.29) is 6.17 Å². The van der Waals surface area contributed by atoms with Crippen molar-refractivity contribution in [1.29, 1.82) is 0 Å². The van der Waals surface area contributed by atoms with Crippen molar-refractivity contribution in [1.82, 2.24) is 10.6 Å². The summed E-state index contributed by atoms with van der Waals surface area (Å²) in [6.07, 6.45) is -0.582. The van der Waals surface area contributed by atoms with Gasteiger partial charge in [0.15, 0.2) is 0 Å². The molecule has 0 saturated carbocycles. The van der Waals surface area contributed by atoms with Gasteiger partial charge in [-0.2, -0.15) is 0 Å². The Morgan fingerprint density at radius 3 is 1.89 bits per heavy atom. The first-order valence-electron chi connectivity index (χ1n) is 19.3. The molecule has 0 aliphatic carbocycles. The average Bonchev–Trinajstić information content (AvgIpc) is 3.96. The summed E-state index contributed by atoms with van der Waals surface area (Å²) in [5.74, 6) is 0. The lowest BCUT2D eigenvalue weighted by Crippen LogP contribution is -2.39. The van der Waals surface area contributed by atoms with Gasteiger partial charge in [-0.05, 0) is 58.1 Å². The molecular weight excluding hydrogens is 719 g/mol. The first-order valence-corrected chi connectivity index (χ1v) is 20.1. The molecule has 0 saturated heterocycles. The van der Waals surface area contributed by atoms with Gasteiger partial charge in [-0.3, -0.25) is 10.6 Å². The molecule has 2 unspecified atom stereocenters. The molecular formula is C51H37N3O2S. The van der Waals surface area contributed by atoms with E-state index in [1.54, 1.807) is 0 Å². The summed E-state index contributed by atoms with van der Waals surface area (Å²) in [4.78, 5) is 0. The van der Waals surface area contributed by atoms with Gasteiger partial charge in [0, 0.05) is 59.4 Å². The first-order chi connectivity index (χ1) is 28.2. The Kier molecular flexibility index (Phi) is 8.23. The third kappa shape index (κ3) is 5.90. The number of nitrogens with one attached hydrogen (secondary N) is 2. The molecule has 3 heterocycles. The van der Waals surface area contributed by atoms with Gasteiger partial charge < -0.3 is 14.6 Å². The van der Waals surface area contributed by atoms with Crippen molar-refractivity contribution in [3.63, 3.8) is 0 Å². The van der Waals surface area contributed by atoms with Crippen LogP contribution >= 0.6 is 11.3 Å². The van der Waals surface area contributed by atoms with Crippen LogP contribution in [0.4, 0.5) is 0 Å². The van der Waals surface area contributed by atoms with Crippen LogP contribution in [0.2, 0.25) is 0 Å². The van der Waals surface area contributed by atoms with E-state index in [1.165, 1.54) is 36.9 Å². The van der Waals surface area contributed by atoms with E-state index in [0.717, 1.165) is 66.1 Å². The molecule has 57 heavy (non-hydrogen) atoms. The number of furan rings is 2. The molecule has 2 atom stereocenters. The smallest absolute Gasteiger partial charge is 0.143 e. The molecule has 0 fully saturated rings. The lowest BCUT2D eigenvalue weighted by Gasteiger charge is -2.25. The normalized spacial score (nSPS) is 13.1. The topological polar surface area (TPSA) is 76.4 Å². The number of nitrogens with two attached hydrogens (primary N) is 1. The Labute approximate surface area is 333 Å². The van der Waals surface area contributed by atoms with Gasteiger partial charge in [0.05, 0.1) is 12.3 Å². The van der Waals surface area contributed by atoms with Crippen LogP contribution in [-0.2, 0) is 6.54 Å². The summed E-state index contributed by atoms with van der Waals surface area (Å²) in [7, 11) is 0. The van der Waals surface area contributed by atoms with Crippen LogP contribution < -0.4 is 16.4 Å². The lowest BCUT2D eigenvalue weighted by molar-refractivity contribution is 0.386. The van der Waals surface area contributed by atoms with Crippen molar-refractivity contribution in [2.24, 2.45) is 5.73 Å². The molecule has 3 aromatic heterocycles. The Bertz CT molecular complexity index is 3250. The fourth-order valence-corrected chi connectivity index (χ4v) is 9.75. The Balaban J connectivity index is 0.966. The van der Waals surface area contributed by atoms with E-state index in [1.807, 2.05) is 41.7 Å². The van der Waals surface area contributed by atoms with Gasteiger partial charge in [0.25, 0.3) is 0 Å². The minimum atomic E-state index is -0.428. The second-order valence-corrected chi connectivity index (χ2v) is 15.7. The van der Waals surface area contributed by atoms with Crippen molar-refractivity contribution < 1.29 is 8.83 Å². The zero-order valence-electron chi connectivity index (χ0n) is 30.9. The van der Waals surface area contributed by atoms with Crippen molar-refractivity contribution in [2.45, 2.75) is 18.9 Å². The molecule has 0 aliphatic heterocycles. The van der Waals surface area contributed by atoms with Gasteiger partial charge in [0.1, 0.15) is 22.3 Å². The van der Waals surface area contributed by atoms with E-state index < -0.39 is 6.17 Å². The Morgan fingerprint density at radius 2 is 1.09 bits per heavy atom. The lowest BCUT2D eigenvalue weighted by atomic mass is 9.98. The SMILES string of the molecule is NC(NC(NCc1ccccc1)c1ccccc1)c1ccc2oc3ccc(-c4cccc5c4sc4c(-c6cccc7c6oc6ccccc67)cccc45)cc3c2c1. The largest absolute Gasteiger partial charge is 0.456 e. The fourth-order valence-electron chi connectivity index (χ4n) is 8.38. The summed E-state index contributed by atoms with van der Waals surface area (Å²) < 4.78 is 15.4. The van der Waals surface area contributed by atoms with Crippen LogP contribution in [0.1, 0.15) is 29.0 Å². The summed E-state index contributed by atoms with van der Waals surface area (Å²) in [5, 5.41) is 14.2. The van der Waals surface area contributed by atoms with E-state index in [0.29, 0.717) is 6.54 Å².